The number of aromatic amines is 2. The van der Waals surface area contributed by atoms with Crippen LogP contribution < -0.4 is 5.69 Å². The summed E-state index contributed by atoms with van der Waals surface area (Å²) in [4.78, 5) is 11.3. The molecule has 1 unspecified atom stereocenters. The Morgan fingerprint density at radius 2 is 2.36 bits per heavy atom. The van der Waals surface area contributed by atoms with Crippen LogP contribution in [0.25, 0.3) is 0 Å². The van der Waals surface area contributed by atoms with E-state index in [0.29, 0.717) is 10.0 Å². The van der Waals surface area contributed by atoms with Crippen molar-refractivity contribution in [2.45, 2.75) is 31.1 Å². The van der Waals surface area contributed by atoms with Crippen molar-refractivity contribution in [1.29, 1.82) is 0 Å². The zero-order valence-corrected chi connectivity index (χ0v) is 9.42. The summed E-state index contributed by atoms with van der Waals surface area (Å²) in [6.45, 7) is 0.738. The molecule has 0 amide bonds. The Balaban J connectivity index is 2.09. The molecule has 2 N–H and O–H groups in total. The summed E-state index contributed by atoms with van der Waals surface area (Å²) in [6, 6.07) is 0. The highest BCUT2D eigenvalue weighted by molar-refractivity contribution is 7.99. The van der Waals surface area contributed by atoms with Gasteiger partial charge in [0.1, 0.15) is 0 Å². The molecule has 0 saturated carbocycles. The number of thioether (sulfide) groups is 1. The zero-order valence-electron chi connectivity index (χ0n) is 7.78. The summed E-state index contributed by atoms with van der Waals surface area (Å²) >= 11 is 6.95. The standard InChI is InChI=1S/C8H13N3OS2/c12-7-9-10-8(13)11(7)5-6-3-1-2-4-14-6/h6H,1-5H2,(H,9,12)(H,10,13). The second kappa shape index (κ2) is 4.35. The van der Waals surface area contributed by atoms with Crippen LogP contribution in [-0.2, 0) is 6.54 Å². The summed E-state index contributed by atoms with van der Waals surface area (Å²) in [6.07, 6.45) is 3.76. The number of rotatable bonds is 2. The molecule has 6 heteroatoms. The summed E-state index contributed by atoms with van der Waals surface area (Å²) < 4.78 is 2.11. The number of aromatic nitrogens is 3. The van der Waals surface area contributed by atoms with E-state index in [1.807, 2.05) is 11.8 Å². The first kappa shape index (κ1) is 10.0. The van der Waals surface area contributed by atoms with Gasteiger partial charge in [-0.2, -0.15) is 11.8 Å². The lowest BCUT2D eigenvalue weighted by Crippen LogP contribution is -2.24. The fourth-order valence-corrected chi connectivity index (χ4v) is 3.16. The van der Waals surface area contributed by atoms with Crippen LogP contribution in [0.3, 0.4) is 0 Å². The maximum atomic E-state index is 11.3. The van der Waals surface area contributed by atoms with Gasteiger partial charge in [-0.1, -0.05) is 6.42 Å². The minimum atomic E-state index is -0.124. The van der Waals surface area contributed by atoms with Crippen LogP contribution >= 0.6 is 24.0 Å². The van der Waals surface area contributed by atoms with Crippen molar-refractivity contribution in [2.24, 2.45) is 0 Å². The van der Waals surface area contributed by atoms with E-state index in [4.69, 9.17) is 12.2 Å². The van der Waals surface area contributed by atoms with Crippen molar-refractivity contribution in [3.05, 3.63) is 15.3 Å². The monoisotopic (exact) mass is 231 g/mol. The van der Waals surface area contributed by atoms with Gasteiger partial charge in [0.25, 0.3) is 0 Å². The van der Waals surface area contributed by atoms with Gasteiger partial charge in [0.15, 0.2) is 4.77 Å². The van der Waals surface area contributed by atoms with Crippen molar-refractivity contribution < 1.29 is 0 Å². The quantitative estimate of drug-likeness (QED) is 0.759. The van der Waals surface area contributed by atoms with Gasteiger partial charge in [0, 0.05) is 11.8 Å². The molecule has 1 atom stereocenters. The van der Waals surface area contributed by atoms with Gasteiger partial charge in [-0.25, -0.2) is 9.89 Å². The maximum absolute atomic E-state index is 11.3. The van der Waals surface area contributed by atoms with E-state index in [1.165, 1.54) is 25.0 Å². The number of hydrogen-bond donors (Lipinski definition) is 2. The molecule has 1 saturated heterocycles. The van der Waals surface area contributed by atoms with Crippen LogP contribution in [0, 0.1) is 4.77 Å². The molecule has 0 bridgehead atoms. The average molecular weight is 231 g/mol. The third-order valence-electron chi connectivity index (χ3n) is 2.43. The highest BCUT2D eigenvalue weighted by Crippen LogP contribution is 2.25. The molecule has 0 aliphatic carbocycles. The second-order valence-electron chi connectivity index (χ2n) is 3.46. The van der Waals surface area contributed by atoms with Gasteiger partial charge in [0.05, 0.1) is 0 Å². The van der Waals surface area contributed by atoms with Crippen molar-refractivity contribution in [3.63, 3.8) is 0 Å². The molecule has 0 radical (unpaired) electrons. The van der Waals surface area contributed by atoms with Crippen LogP contribution in [0.1, 0.15) is 19.3 Å². The molecule has 1 aromatic heterocycles. The molecule has 1 aliphatic heterocycles. The molecule has 0 spiro atoms. The molecular formula is C8H13N3OS2. The van der Waals surface area contributed by atoms with Gasteiger partial charge in [-0.3, -0.25) is 9.67 Å². The zero-order chi connectivity index (χ0) is 9.97. The Morgan fingerprint density at radius 3 is 2.93 bits per heavy atom. The third-order valence-corrected chi connectivity index (χ3v) is 4.13. The molecular weight excluding hydrogens is 218 g/mol. The first-order valence-corrected chi connectivity index (χ1v) is 6.22. The van der Waals surface area contributed by atoms with E-state index in [1.54, 1.807) is 4.57 Å². The van der Waals surface area contributed by atoms with E-state index in [9.17, 15) is 4.79 Å². The lowest BCUT2D eigenvalue weighted by Gasteiger charge is -2.20. The Bertz CT molecular complexity index is 372. The summed E-state index contributed by atoms with van der Waals surface area (Å²) in [5.41, 5.74) is -0.124. The summed E-state index contributed by atoms with van der Waals surface area (Å²) in [7, 11) is 0. The lowest BCUT2D eigenvalue weighted by atomic mass is 10.2. The highest BCUT2D eigenvalue weighted by atomic mass is 32.2. The average Bonchev–Trinajstić information content (AvgIpc) is 2.51. The first-order chi connectivity index (χ1) is 6.77. The van der Waals surface area contributed by atoms with Crippen LogP contribution in [0.5, 0.6) is 0 Å². The van der Waals surface area contributed by atoms with Crippen LogP contribution in [0.15, 0.2) is 4.79 Å². The number of hydrogen-bond acceptors (Lipinski definition) is 3. The smallest absolute Gasteiger partial charge is 0.272 e. The van der Waals surface area contributed by atoms with E-state index >= 15 is 0 Å². The number of H-pyrrole nitrogens is 2. The maximum Gasteiger partial charge on any atom is 0.342 e. The first-order valence-electron chi connectivity index (χ1n) is 4.76. The largest absolute Gasteiger partial charge is 0.342 e. The van der Waals surface area contributed by atoms with E-state index < -0.39 is 0 Å². The molecule has 2 heterocycles. The Kier molecular flexibility index (Phi) is 3.12. The number of nitrogens with zero attached hydrogens (tertiary/aromatic N) is 1. The molecule has 14 heavy (non-hydrogen) atoms. The minimum absolute atomic E-state index is 0.124. The summed E-state index contributed by atoms with van der Waals surface area (Å²) in [5.74, 6) is 1.21. The van der Waals surface area contributed by atoms with Gasteiger partial charge >= 0.3 is 5.69 Å². The van der Waals surface area contributed by atoms with E-state index in [-0.39, 0.29) is 5.69 Å². The molecule has 2 rings (SSSR count). The topological polar surface area (TPSA) is 53.6 Å². The van der Waals surface area contributed by atoms with Crippen LogP contribution in [0.2, 0.25) is 0 Å². The van der Waals surface area contributed by atoms with E-state index in [0.717, 1.165) is 6.54 Å². The van der Waals surface area contributed by atoms with Crippen molar-refractivity contribution in [2.75, 3.05) is 5.75 Å². The predicted molar refractivity (Wildman–Crippen MR) is 60.3 cm³/mol. The number of nitrogens with one attached hydrogen (secondary N) is 2. The van der Waals surface area contributed by atoms with Crippen LogP contribution in [-0.4, -0.2) is 25.8 Å². The predicted octanol–water partition coefficient (Wildman–Crippen LogP) is 1.52. The normalized spacial score (nSPS) is 22.4. The lowest BCUT2D eigenvalue weighted by molar-refractivity contribution is 0.569. The van der Waals surface area contributed by atoms with E-state index in [2.05, 4.69) is 10.2 Å². The fourth-order valence-electron chi connectivity index (χ4n) is 1.65. The fraction of sp³-hybridized carbons (Fsp3) is 0.750. The van der Waals surface area contributed by atoms with Gasteiger partial charge < -0.3 is 0 Å². The third kappa shape index (κ3) is 2.12. The van der Waals surface area contributed by atoms with Gasteiger partial charge in [0.2, 0.25) is 0 Å². The molecule has 78 valence electrons. The Labute approximate surface area is 91.1 Å². The molecule has 0 aromatic carbocycles. The van der Waals surface area contributed by atoms with Crippen LogP contribution in [0.4, 0.5) is 0 Å². The molecule has 1 aliphatic rings. The highest BCUT2D eigenvalue weighted by Gasteiger charge is 2.15. The molecule has 1 fully saturated rings. The second-order valence-corrected chi connectivity index (χ2v) is 5.25. The molecule has 1 aromatic rings. The minimum Gasteiger partial charge on any atom is -0.272 e. The SMILES string of the molecule is O=c1[nH][nH]c(=S)n1CC1CCCCS1. The van der Waals surface area contributed by atoms with Crippen molar-refractivity contribution in [1.82, 2.24) is 14.8 Å². The van der Waals surface area contributed by atoms with Gasteiger partial charge in [-0.05, 0) is 30.8 Å². The van der Waals surface area contributed by atoms with Crippen molar-refractivity contribution >= 4 is 24.0 Å². The molecule has 4 nitrogen and oxygen atoms in total. The van der Waals surface area contributed by atoms with Crippen molar-refractivity contribution in [3.8, 4) is 0 Å². The Hall–Kier alpha value is -0.490. The van der Waals surface area contributed by atoms with Gasteiger partial charge in [-0.15, -0.1) is 0 Å². The Morgan fingerprint density at radius 1 is 1.50 bits per heavy atom. The summed E-state index contributed by atoms with van der Waals surface area (Å²) in [5, 5.41) is 5.70.